The van der Waals surface area contributed by atoms with Crippen LogP contribution >= 0.6 is 0 Å². The van der Waals surface area contributed by atoms with Crippen molar-refractivity contribution in [2.45, 2.75) is 0 Å². The first-order chi connectivity index (χ1) is 9.72. The molecule has 0 unspecified atom stereocenters. The van der Waals surface area contributed by atoms with Crippen molar-refractivity contribution in [2.75, 3.05) is 0 Å². The van der Waals surface area contributed by atoms with Crippen LogP contribution in [0, 0.1) is 0 Å². The third-order valence-corrected chi connectivity index (χ3v) is 2.91. The molecule has 0 fully saturated rings. The molecule has 0 bridgehead atoms. The van der Waals surface area contributed by atoms with E-state index in [-0.39, 0.29) is 5.56 Å². The molecule has 0 aliphatic carbocycles. The van der Waals surface area contributed by atoms with Crippen LogP contribution in [0.5, 0.6) is 11.5 Å². The van der Waals surface area contributed by atoms with Crippen molar-refractivity contribution in [1.82, 2.24) is 0 Å². The van der Waals surface area contributed by atoms with Gasteiger partial charge in [0.1, 0.15) is 11.5 Å². The standard InChI is InChI=1S/C15H11BO4/c17-15(18)12-5-3-4-11(10-12)8-9-16-19-13-6-1-2-7-14(13)20-16/h1-10H,(H,17,18)/b9-8+. The van der Waals surface area contributed by atoms with E-state index in [0.29, 0.717) is 11.5 Å². The van der Waals surface area contributed by atoms with E-state index in [9.17, 15) is 4.79 Å². The summed E-state index contributed by atoms with van der Waals surface area (Å²) in [6, 6.07) is 14.1. The van der Waals surface area contributed by atoms with Gasteiger partial charge in [-0.05, 0) is 35.8 Å². The highest BCUT2D eigenvalue weighted by Crippen LogP contribution is 2.32. The maximum Gasteiger partial charge on any atom is 0.625 e. The van der Waals surface area contributed by atoms with Gasteiger partial charge in [-0.1, -0.05) is 30.3 Å². The van der Waals surface area contributed by atoms with Crippen molar-refractivity contribution in [3.63, 3.8) is 0 Å². The molecule has 0 radical (unpaired) electrons. The lowest BCUT2D eigenvalue weighted by molar-refractivity contribution is 0.0697. The first kappa shape index (κ1) is 12.4. The number of carboxylic acid groups (broad SMARTS) is 1. The van der Waals surface area contributed by atoms with Crippen molar-refractivity contribution < 1.29 is 19.2 Å². The van der Waals surface area contributed by atoms with Gasteiger partial charge < -0.3 is 14.4 Å². The van der Waals surface area contributed by atoms with Crippen LogP contribution in [-0.2, 0) is 0 Å². The summed E-state index contributed by atoms with van der Waals surface area (Å²) in [6.07, 6.45) is 1.78. The number of hydrogen-bond acceptors (Lipinski definition) is 3. The largest absolute Gasteiger partial charge is 0.625 e. The lowest BCUT2D eigenvalue weighted by Gasteiger charge is -1.99. The van der Waals surface area contributed by atoms with E-state index in [4.69, 9.17) is 14.4 Å². The molecular formula is C15H11BO4. The Morgan fingerprint density at radius 3 is 2.40 bits per heavy atom. The Balaban J connectivity index is 1.73. The molecule has 3 rings (SSSR count). The van der Waals surface area contributed by atoms with Gasteiger partial charge in [-0.3, -0.25) is 0 Å². The molecule has 0 saturated heterocycles. The van der Waals surface area contributed by atoms with Crippen LogP contribution < -0.4 is 9.31 Å². The second kappa shape index (κ2) is 5.13. The van der Waals surface area contributed by atoms with Crippen LogP contribution in [0.2, 0.25) is 0 Å². The molecule has 20 heavy (non-hydrogen) atoms. The molecule has 5 heteroatoms. The summed E-state index contributed by atoms with van der Waals surface area (Å²) in [4.78, 5) is 10.9. The zero-order chi connectivity index (χ0) is 13.9. The fourth-order valence-electron chi connectivity index (χ4n) is 1.96. The highest BCUT2D eigenvalue weighted by molar-refractivity contribution is 6.54. The zero-order valence-corrected chi connectivity index (χ0v) is 10.5. The third kappa shape index (κ3) is 2.52. The smallest absolute Gasteiger partial charge is 0.520 e. The van der Waals surface area contributed by atoms with Gasteiger partial charge in [-0.15, -0.1) is 0 Å². The van der Waals surface area contributed by atoms with Gasteiger partial charge in [0.25, 0.3) is 0 Å². The highest BCUT2D eigenvalue weighted by atomic mass is 16.6. The maximum atomic E-state index is 10.9. The predicted octanol–water partition coefficient (Wildman–Crippen LogP) is 2.90. The summed E-state index contributed by atoms with van der Waals surface area (Å²) < 4.78 is 11.2. The highest BCUT2D eigenvalue weighted by Gasteiger charge is 2.28. The molecular weight excluding hydrogens is 255 g/mol. The summed E-state index contributed by atoms with van der Waals surface area (Å²) in [5.41, 5.74) is 1.04. The van der Waals surface area contributed by atoms with Gasteiger partial charge in [0, 0.05) is 0 Å². The summed E-state index contributed by atoms with van der Waals surface area (Å²) in [7, 11) is -0.485. The topological polar surface area (TPSA) is 55.8 Å². The van der Waals surface area contributed by atoms with E-state index in [1.165, 1.54) is 0 Å². The fourth-order valence-corrected chi connectivity index (χ4v) is 1.96. The minimum absolute atomic E-state index is 0.253. The zero-order valence-electron chi connectivity index (χ0n) is 10.5. The quantitative estimate of drug-likeness (QED) is 0.868. The van der Waals surface area contributed by atoms with Crippen LogP contribution in [0.1, 0.15) is 15.9 Å². The molecule has 2 aromatic carbocycles. The van der Waals surface area contributed by atoms with Gasteiger partial charge in [-0.2, -0.15) is 0 Å². The van der Waals surface area contributed by atoms with E-state index in [0.717, 1.165) is 5.56 Å². The lowest BCUT2D eigenvalue weighted by atomic mass is 9.89. The Morgan fingerprint density at radius 1 is 1.05 bits per heavy atom. The Hall–Kier alpha value is -2.69. The fraction of sp³-hybridized carbons (Fsp3) is 0. The second-order valence-electron chi connectivity index (χ2n) is 4.34. The number of para-hydroxylation sites is 2. The SMILES string of the molecule is O=C(O)c1cccc(/C=C/B2Oc3ccccc3O2)c1. The van der Waals surface area contributed by atoms with Crippen molar-refractivity contribution in [2.24, 2.45) is 0 Å². The number of benzene rings is 2. The molecule has 0 aromatic heterocycles. The first-order valence-electron chi connectivity index (χ1n) is 6.16. The average molecular weight is 266 g/mol. The normalized spacial score (nSPS) is 12.9. The van der Waals surface area contributed by atoms with Gasteiger partial charge in [0.2, 0.25) is 0 Å². The van der Waals surface area contributed by atoms with Crippen LogP contribution in [-0.4, -0.2) is 18.2 Å². The monoisotopic (exact) mass is 266 g/mol. The summed E-state index contributed by atoms with van der Waals surface area (Å²) in [5.74, 6) is 2.23. The van der Waals surface area contributed by atoms with Crippen LogP contribution in [0.15, 0.2) is 54.5 Å². The molecule has 4 nitrogen and oxygen atoms in total. The summed E-state index contributed by atoms with van der Waals surface area (Å²) >= 11 is 0. The molecule has 1 heterocycles. The average Bonchev–Trinajstić information content (AvgIpc) is 2.88. The number of rotatable bonds is 3. The first-order valence-corrected chi connectivity index (χ1v) is 6.16. The minimum Gasteiger partial charge on any atom is -0.520 e. The Morgan fingerprint density at radius 2 is 1.75 bits per heavy atom. The molecule has 1 aliphatic heterocycles. The van der Waals surface area contributed by atoms with Gasteiger partial charge in [-0.25, -0.2) is 4.79 Å². The van der Waals surface area contributed by atoms with Gasteiger partial charge >= 0.3 is 13.1 Å². The van der Waals surface area contributed by atoms with E-state index in [1.54, 1.807) is 30.3 Å². The summed E-state index contributed by atoms with van der Waals surface area (Å²) in [5, 5.41) is 8.93. The molecule has 98 valence electrons. The number of carboxylic acids is 1. The number of aromatic carboxylic acids is 1. The molecule has 1 aliphatic rings. The Bertz CT molecular complexity index is 656. The van der Waals surface area contributed by atoms with E-state index < -0.39 is 13.1 Å². The van der Waals surface area contributed by atoms with E-state index in [1.807, 2.05) is 30.3 Å². The molecule has 0 atom stereocenters. The molecule has 0 amide bonds. The van der Waals surface area contributed by atoms with E-state index >= 15 is 0 Å². The van der Waals surface area contributed by atoms with Crippen LogP contribution in [0.3, 0.4) is 0 Å². The Labute approximate surface area is 116 Å². The van der Waals surface area contributed by atoms with Crippen LogP contribution in [0.25, 0.3) is 6.08 Å². The van der Waals surface area contributed by atoms with E-state index in [2.05, 4.69) is 0 Å². The van der Waals surface area contributed by atoms with Crippen molar-refractivity contribution in [3.8, 4) is 11.5 Å². The van der Waals surface area contributed by atoms with Crippen molar-refractivity contribution >= 4 is 19.2 Å². The molecule has 0 spiro atoms. The maximum absolute atomic E-state index is 10.9. The number of fused-ring (bicyclic) bond motifs is 1. The number of hydrogen-bond donors (Lipinski definition) is 1. The Kier molecular flexibility index (Phi) is 3.17. The predicted molar refractivity (Wildman–Crippen MR) is 75.9 cm³/mol. The number of carbonyl (C=O) groups is 1. The second-order valence-corrected chi connectivity index (χ2v) is 4.34. The van der Waals surface area contributed by atoms with Crippen molar-refractivity contribution in [3.05, 3.63) is 65.6 Å². The third-order valence-electron chi connectivity index (χ3n) is 2.91. The van der Waals surface area contributed by atoms with Gasteiger partial charge in [0.15, 0.2) is 0 Å². The minimum atomic E-state index is -0.943. The molecule has 0 saturated carbocycles. The molecule has 1 N–H and O–H groups in total. The van der Waals surface area contributed by atoms with Crippen LogP contribution in [0.4, 0.5) is 0 Å². The van der Waals surface area contributed by atoms with Gasteiger partial charge in [0.05, 0.1) is 5.56 Å². The summed E-state index contributed by atoms with van der Waals surface area (Å²) in [6.45, 7) is 0. The molecule has 2 aromatic rings. The lowest BCUT2D eigenvalue weighted by Crippen LogP contribution is -2.21. The van der Waals surface area contributed by atoms with Crippen molar-refractivity contribution in [1.29, 1.82) is 0 Å².